The molecule has 0 aliphatic heterocycles. The Hall–Kier alpha value is -2.16. The Morgan fingerprint density at radius 1 is 1.36 bits per heavy atom. The predicted molar refractivity (Wildman–Crippen MR) is 92.5 cm³/mol. The lowest BCUT2D eigenvalue weighted by Gasteiger charge is -2.25. The fraction of sp³-hybridized carbons (Fsp3) is 0.188. The van der Waals surface area contributed by atoms with E-state index in [1.54, 1.807) is 24.5 Å². The molecule has 1 heterocycles. The topological polar surface area (TPSA) is 52.0 Å². The molecule has 0 aliphatic carbocycles. The Kier molecular flexibility index (Phi) is 6.13. The van der Waals surface area contributed by atoms with Gasteiger partial charge in [-0.1, -0.05) is 23.7 Å². The molecule has 1 aromatic carbocycles. The number of aromatic nitrogens is 1. The summed E-state index contributed by atoms with van der Waals surface area (Å²) in [4.78, 5) is 6.04. The molecule has 4 nitrogen and oxygen atoms in total. The van der Waals surface area contributed by atoms with Crippen LogP contribution in [0.5, 0.6) is 0 Å². The van der Waals surface area contributed by atoms with Gasteiger partial charge in [-0.25, -0.2) is 0 Å². The summed E-state index contributed by atoms with van der Waals surface area (Å²) in [7, 11) is 0. The van der Waals surface area contributed by atoms with Crippen LogP contribution in [0.25, 0.3) is 0 Å². The van der Waals surface area contributed by atoms with Crippen molar-refractivity contribution >= 4 is 34.6 Å². The van der Waals surface area contributed by atoms with E-state index < -0.39 is 0 Å². The van der Waals surface area contributed by atoms with E-state index in [-0.39, 0.29) is 0 Å². The van der Waals surface area contributed by atoms with Crippen LogP contribution in [0.2, 0.25) is 5.02 Å². The van der Waals surface area contributed by atoms with Crippen molar-refractivity contribution in [2.75, 3.05) is 11.9 Å². The number of hydrogen-bond acceptors (Lipinski definition) is 3. The lowest BCUT2D eigenvalue weighted by atomic mass is 10.2. The van der Waals surface area contributed by atoms with Crippen LogP contribution < -0.4 is 5.32 Å². The van der Waals surface area contributed by atoms with Gasteiger partial charge in [0.2, 0.25) is 0 Å². The third-order valence-corrected chi connectivity index (χ3v) is 3.55. The first kappa shape index (κ1) is 16.2. The number of halogens is 1. The first-order valence-corrected chi connectivity index (χ1v) is 7.55. The van der Waals surface area contributed by atoms with Gasteiger partial charge in [-0.05, 0) is 42.0 Å². The van der Waals surface area contributed by atoms with Crippen molar-refractivity contribution in [1.82, 2.24) is 9.88 Å². The quantitative estimate of drug-likeness (QED) is 0.844. The highest BCUT2D eigenvalue weighted by molar-refractivity contribution is 7.80. The minimum atomic E-state index is 0.400. The van der Waals surface area contributed by atoms with E-state index in [9.17, 15) is 0 Å². The van der Waals surface area contributed by atoms with E-state index in [1.807, 2.05) is 29.2 Å². The molecule has 1 aromatic heterocycles. The molecule has 2 rings (SSSR count). The Labute approximate surface area is 140 Å². The SMILES string of the molecule is N#CCCN(Cc1cccnc1)C(=S)Nc1cccc(Cl)c1. The third kappa shape index (κ3) is 4.99. The molecule has 2 aromatic rings. The summed E-state index contributed by atoms with van der Waals surface area (Å²) in [6, 6.07) is 13.4. The molecular weight excluding hydrogens is 316 g/mol. The molecule has 0 saturated carbocycles. The van der Waals surface area contributed by atoms with Crippen LogP contribution in [0.4, 0.5) is 5.69 Å². The highest BCUT2D eigenvalue weighted by atomic mass is 35.5. The van der Waals surface area contributed by atoms with Gasteiger partial charge in [0.25, 0.3) is 0 Å². The lowest BCUT2D eigenvalue weighted by molar-refractivity contribution is 0.427. The largest absolute Gasteiger partial charge is 0.344 e. The van der Waals surface area contributed by atoms with E-state index in [4.69, 9.17) is 29.1 Å². The molecule has 0 radical (unpaired) electrons. The van der Waals surface area contributed by atoms with Gasteiger partial charge in [-0.2, -0.15) is 5.26 Å². The minimum Gasteiger partial charge on any atom is -0.344 e. The summed E-state index contributed by atoms with van der Waals surface area (Å²) in [6.07, 6.45) is 3.92. The van der Waals surface area contributed by atoms with Crippen LogP contribution >= 0.6 is 23.8 Å². The van der Waals surface area contributed by atoms with E-state index in [0.717, 1.165) is 11.3 Å². The van der Waals surface area contributed by atoms with Gasteiger partial charge in [-0.15, -0.1) is 0 Å². The van der Waals surface area contributed by atoms with Crippen LogP contribution in [0, 0.1) is 11.3 Å². The molecule has 0 amide bonds. The van der Waals surface area contributed by atoms with Crippen molar-refractivity contribution in [2.45, 2.75) is 13.0 Å². The van der Waals surface area contributed by atoms with Crippen LogP contribution in [-0.4, -0.2) is 21.5 Å². The third-order valence-electron chi connectivity index (χ3n) is 2.95. The second-order valence-corrected chi connectivity index (χ2v) is 5.45. The van der Waals surface area contributed by atoms with Crippen molar-refractivity contribution in [3.05, 3.63) is 59.4 Å². The molecule has 22 heavy (non-hydrogen) atoms. The molecule has 0 spiro atoms. The maximum Gasteiger partial charge on any atom is 0.173 e. The average molecular weight is 331 g/mol. The summed E-state index contributed by atoms with van der Waals surface area (Å²) in [5.41, 5.74) is 1.86. The van der Waals surface area contributed by atoms with E-state index >= 15 is 0 Å². The zero-order valence-electron chi connectivity index (χ0n) is 11.9. The van der Waals surface area contributed by atoms with E-state index in [0.29, 0.717) is 29.6 Å². The fourth-order valence-electron chi connectivity index (χ4n) is 1.92. The van der Waals surface area contributed by atoms with Crippen LogP contribution in [0.1, 0.15) is 12.0 Å². The Bertz CT molecular complexity index is 669. The molecular formula is C16H15ClN4S. The molecule has 0 atom stereocenters. The molecule has 0 unspecified atom stereocenters. The molecule has 1 N–H and O–H groups in total. The number of anilines is 1. The van der Waals surface area contributed by atoms with Crippen LogP contribution in [0.15, 0.2) is 48.8 Å². The van der Waals surface area contributed by atoms with Gasteiger partial charge in [0.15, 0.2) is 5.11 Å². The van der Waals surface area contributed by atoms with Crippen LogP contribution in [0.3, 0.4) is 0 Å². The van der Waals surface area contributed by atoms with Gasteiger partial charge >= 0.3 is 0 Å². The number of nitriles is 1. The monoisotopic (exact) mass is 330 g/mol. The Morgan fingerprint density at radius 3 is 2.91 bits per heavy atom. The number of benzene rings is 1. The molecule has 0 fully saturated rings. The maximum absolute atomic E-state index is 8.82. The number of nitrogens with zero attached hydrogens (tertiary/aromatic N) is 3. The van der Waals surface area contributed by atoms with Gasteiger partial charge in [0.1, 0.15) is 0 Å². The Morgan fingerprint density at radius 2 is 2.23 bits per heavy atom. The second-order valence-electron chi connectivity index (χ2n) is 4.63. The summed E-state index contributed by atoms with van der Waals surface area (Å²) in [5.74, 6) is 0. The van der Waals surface area contributed by atoms with Gasteiger partial charge in [-0.3, -0.25) is 4.98 Å². The summed E-state index contributed by atoms with van der Waals surface area (Å²) in [5, 5.41) is 13.2. The zero-order chi connectivity index (χ0) is 15.8. The maximum atomic E-state index is 8.82. The number of hydrogen-bond donors (Lipinski definition) is 1. The molecule has 0 bridgehead atoms. The van der Waals surface area contributed by atoms with Gasteiger partial charge in [0.05, 0.1) is 12.5 Å². The van der Waals surface area contributed by atoms with Crippen molar-refractivity contribution in [1.29, 1.82) is 5.26 Å². The summed E-state index contributed by atoms with van der Waals surface area (Å²) >= 11 is 11.4. The summed E-state index contributed by atoms with van der Waals surface area (Å²) < 4.78 is 0. The first-order chi connectivity index (χ1) is 10.7. The molecule has 0 aliphatic rings. The van der Waals surface area contributed by atoms with Crippen LogP contribution in [-0.2, 0) is 6.54 Å². The summed E-state index contributed by atoms with van der Waals surface area (Å²) in [6.45, 7) is 1.15. The first-order valence-electron chi connectivity index (χ1n) is 6.76. The normalized spacial score (nSPS) is 9.82. The van der Waals surface area contributed by atoms with Gasteiger partial charge in [0, 0.05) is 36.2 Å². The number of nitrogens with one attached hydrogen (secondary N) is 1. The molecule has 0 saturated heterocycles. The van der Waals surface area contributed by atoms with E-state index in [2.05, 4.69) is 16.4 Å². The smallest absolute Gasteiger partial charge is 0.173 e. The average Bonchev–Trinajstić information content (AvgIpc) is 2.52. The Balaban J connectivity index is 2.07. The van der Waals surface area contributed by atoms with E-state index in [1.165, 1.54) is 0 Å². The predicted octanol–water partition coefficient (Wildman–Crippen LogP) is 3.85. The highest BCUT2D eigenvalue weighted by Crippen LogP contribution is 2.16. The van der Waals surface area contributed by atoms with Crippen molar-refractivity contribution in [3.63, 3.8) is 0 Å². The van der Waals surface area contributed by atoms with Crippen molar-refractivity contribution in [2.24, 2.45) is 0 Å². The number of pyridine rings is 1. The fourth-order valence-corrected chi connectivity index (χ4v) is 2.38. The molecule has 6 heteroatoms. The van der Waals surface area contributed by atoms with Crippen molar-refractivity contribution < 1.29 is 0 Å². The zero-order valence-corrected chi connectivity index (χ0v) is 13.4. The second kappa shape index (κ2) is 8.32. The molecule has 112 valence electrons. The number of rotatable bonds is 5. The number of thiocarbonyl (C=S) groups is 1. The van der Waals surface area contributed by atoms with Crippen molar-refractivity contribution in [3.8, 4) is 6.07 Å². The lowest BCUT2D eigenvalue weighted by Crippen LogP contribution is -2.35. The highest BCUT2D eigenvalue weighted by Gasteiger charge is 2.11. The standard InChI is InChI=1S/C16H15ClN4S/c17-14-5-1-6-15(10-14)20-16(22)21(9-3-7-18)12-13-4-2-8-19-11-13/h1-2,4-6,8,10-11H,3,9,12H2,(H,20,22). The van der Waals surface area contributed by atoms with Gasteiger partial charge < -0.3 is 10.2 Å². The minimum absolute atomic E-state index is 0.400.